The van der Waals surface area contributed by atoms with Gasteiger partial charge in [-0.1, -0.05) is 390 Å². The topological polar surface area (TPSA) is 175 Å². The van der Waals surface area contributed by atoms with Crippen LogP contribution in [-0.4, -0.2) is 100 Å². The Bertz CT molecular complexity index is 1660. The molecule has 0 aromatic heterocycles. The Morgan fingerprint density at radius 1 is 0.404 bits per heavy atom. The van der Waals surface area contributed by atoms with Crippen molar-refractivity contribution in [3.8, 4) is 0 Å². The molecule has 1 heterocycles. The second-order valence-corrected chi connectivity index (χ2v) is 28.8. The van der Waals surface area contributed by atoms with Gasteiger partial charge < -0.3 is 45.1 Å². The van der Waals surface area contributed by atoms with Gasteiger partial charge in [-0.15, -0.1) is 0 Å². The molecular formula is C83H157NO10. The lowest BCUT2D eigenvalue weighted by Gasteiger charge is -2.40. The first kappa shape index (κ1) is 89.9. The molecule has 94 heavy (non-hydrogen) atoms. The van der Waals surface area contributed by atoms with E-state index >= 15 is 0 Å². The zero-order valence-corrected chi connectivity index (χ0v) is 62.0. The van der Waals surface area contributed by atoms with Crippen LogP contribution in [0.2, 0.25) is 0 Å². The van der Waals surface area contributed by atoms with Gasteiger partial charge in [0.25, 0.3) is 0 Å². The van der Waals surface area contributed by atoms with E-state index < -0.39 is 49.5 Å². The quantitative estimate of drug-likeness (QED) is 0.0195. The smallest absolute Gasteiger partial charge is 0.305 e. The first-order valence-electron chi connectivity index (χ1n) is 41.2. The summed E-state index contributed by atoms with van der Waals surface area (Å²) < 4.78 is 16.7. The number of rotatable bonds is 74. The number of nitrogens with one attached hydrogen (secondary N) is 1. The number of amides is 1. The van der Waals surface area contributed by atoms with Crippen LogP contribution in [0.4, 0.5) is 0 Å². The van der Waals surface area contributed by atoms with Crippen molar-refractivity contribution in [2.45, 2.75) is 461 Å². The molecule has 7 atom stereocenters. The maximum absolute atomic E-state index is 13.0. The van der Waals surface area contributed by atoms with Crippen molar-refractivity contribution >= 4 is 11.9 Å². The van der Waals surface area contributed by atoms with Crippen LogP contribution in [0.15, 0.2) is 36.5 Å². The van der Waals surface area contributed by atoms with Gasteiger partial charge in [-0.05, 0) is 51.9 Å². The Labute approximate surface area is 581 Å². The monoisotopic (exact) mass is 1330 g/mol. The molecule has 11 heteroatoms. The summed E-state index contributed by atoms with van der Waals surface area (Å²) >= 11 is 0. The molecule has 554 valence electrons. The van der Waals surface area contributed by atoms with Gasteiger partial charge in [0.05, 0.1) is 32.0 Å². The van der Waals surface area contributed by atoms with E-state index in [1.807, 2.05) is 19.1 Å². The Morgan fingerprint density at radius 3 is 1.05 bits per heavy atom. The number of allylic oxidation sites excluding steroid dienone is 5. The molecule has 0 aromatic carbocycles. The van der Waals surface area contributed by atoms with Gasteiger partial charge in [0, 0.05) is 12.8 Å². The fraction of sp³-hybridized carbons (Fsp3) is 0.904. The predicted molar refractivity (Wildman–Crippen MR) is 398 cm³/mol. The van der Waals surface area contributed by atoms with Crippen LogP contribution >= 0.6 is 0 Å². The third-order valence-corrected chi connectivity index (χ3v) is 19.8. The fourth-order valence-electron chi connectivity index (χ4n) is 13.4. The first-order valence-corrected chi connectivity index (χ1v) is 41.2. The molecule has 0 spiro atoms. The number of hydrogen-bond donors (Lipinski definition) is 6. The van der Waals surface area contributed by atoms with Crippen LogP contribution in [0, 0.1) is 0 Å². The van der Waals surface area contributed by atoms with Crippen molar-refractivity contribution in [2.75, 3.05) is 19.8 Å². The van der Waals surface area contributed by atoms with Crippen LogP contribution < -0.4 is 5.32 Å². The molecule has 11 nitrogen and oxygen atoms in total. The summed E-state index contributed by atoms with van der Waals surface area (Å²) in [6.45, 7) is 4.15. The maximum atomic E-state index is 13.0. The maximum Gasteiger partial charge on any atom is 0.305 e. The van der Waals surface area contributed by atoms with Crippen molar-refractivity contribution in [2.24, 2.45) is 0 Å². The molecule has 1 aliphatic heterocycles. The van der Waals surface area contributed by atoms with Crippen LogP contribution in [0.25, 0.3) is 0 Å². The molecule has 0 aliphatic carbocycles. The molecule has 0 bridgehead atoms. The van der Waals surface area contributed by atoms with Gasteiger partial charge in [-0.3, -0.25) is 9.59 Å². The van der Waals surface area contributed by atoms with E-state index in [0.717, 1.165) is 57.8 Å². The molecule has 1 amide bonds. The first-order chi connectivity index (χ1) is 46.2. The zero-order valence-electron chi connectivity index (χ0n) is 62.0. The third-order valence-electron chi connectivity index (χ3n) is 19.8. The Kier molecular flexibility index (Phi) is 69.0. The van der Waals surface area contributed by atoms with E-state index in [-0.39, 0.29) is 18.5 Å². The second-order valence-electron chi connectivity index (χ2n) is 28.8. The highest BCUT2D eigenvalue weighted by Crippen LogP contribution is 2.24. The highest BCUT2D eigenvalue weighted by molar-refractivity contribution is 5.76. The summed E-state index contributed by atoms with van der Waals surface area (Å²) in [6.07, 6.45) is 85.3. The molecule has 1 rings (SSSR count). The van der Waals surface area contributed by atoms with E-state index in [1.165, 1.54) is 334 Å². The Balaban J connectivity index is 1.81. The molecular weight excluding hydrogens is 1170 g/mol. The van der Waals surface area contributed by atoms with Gasteiger partial charge in [-0.25, -0.2) is 0 Å². The molecule has 1 fully saturated rings. The summed E-state index contributed by atoms with van der Waals surface area (Å²) in [6, 6.07) is -0.829. The summed E-state index contributed by atoms with van der Waals surface area (Å²) in [7, 11) is 0. The van der Waals surface area contributed by atoms with Gasteiger partial charge in [0.2, 0.25) is 5.91 Å². The zero-order chi connectivity index (χ0) is 67.9. The molecule has 0 aromatic rings. The van der Waals surface area contributed by atoms with Crippen molar-refractivity contribution < 1.29 is 49.3 Å². The molecule has 6 N–H and O–H groups in total. The highest BCUT2D eigenvalue weighted by Gasteiger charge is 2.44. The minimum Gasteiger partial charge on any atom is -0.466 e. The van der Waals surface area contributed by atoms with Gasteiger partial charge in [-0.2, -0.15) is 0 Å². The number of hydrogen-bond acceptors (Lipinski definition) is 10. The van der Waals surface area contributed by atoms with Crippen LogP contribution in [0.1, 0.15) is 418 Å². The van der Waals surface area contributed by atoms with Gasteiger partial charge >= 0.3 is 5.97 Å². The van der Waals surface area contributed by atoms with Crippen LogP contribution in [-0.2, 0) is 23.8 Å². The average molecular weight is 1330 g/mol. The number of ether oxygens (including phenoxy) is 3. The van der Waals surface area contributed by atoms with E-state index in [4.69, 9.17) is 14.2 Å². The second kappa shape index (κ2) is 72.1. The Morgan fingerprint density at radius 2 is 0.713 bits per heavy atom. The summed E-state index contributed by atoms with van der Waals surface area (Å²) in [5, 5.41) is 54.3. The van der Waals surface area contributed by atoms with E-state index in [2.05, 4.69) is 30.5 Å². The number of aliphatic hydroxyl groups is 5. The van der Waals surface area contributed by atoms with Crippen molar-refractivity contribution in [1.29, 1.82) is 0 Å². The fourth-order valence-corrected chi connectivity index (χ4v) is 13.4. The number of carbonyl (C=O) groups excluding carboxylic acids is 2. The van der Waals surface area contributed by atoms with E-state index in [9.17, 15) is 35.1 Å². The SMILES string of the molecule is C/C=C/CC/C=C/CC/C=C/C(O)C(COC1OC(CO)C(O)C(O)C1O)NC(=O)CCCCCCCCCCCCCCCCCCCCCCCCCCCCCCCCCCCCCCCCCOC(=O)CCCCCCCCCCCCCCCCCCCC. The van der Waals surface area contributed by atoms with Crippen molar-refractivity contribution in [3.63, 3.8) is 0 Å². The summed E-state index contributed by atoms with van der Waals surface area (Å²) in [5.41, 5.74) is 0. The third kappa shape index (κ3) is 59.9. The summed E-state index contributed by atoms with van der Waals surface area (Å²) in [4.78, 5) is 25.2. The average Bonchev–Trinajstić information content (AvgIpc) is 0.834. The standard InChI is InChI=1S/C83H157NO10/c1-3-5-7-9-11-13-14-15-16-17-42-45-48-51-55-59-63-67-71-79(88)92-72-68-64-60-56-52-49-46-43-40-38-36-34-32-30-28-26-24-22-20-18-19-21-23-25-27-29-31-33-35-37-39-41-44-47-50-54-58-62-66-70-78(87)84-75(76(86)69-65-61-57-53-12-10-8-6-4-2)74-93-83-82(91)81(90)80(89)77(73-85)94-83/h4,6,12,53,65,69,75-77,80-83,85-86,89-91H,3,5,7-11,13-52,54-64,66-68,70-74H2,1-2H3,(H,84,87)/b6-4+,53-12+,69-65+. The molecule has 7 unspecified atom stereocenters. The molecule has 1 aliphatic rings. The Hall–Kier alpha value is -2.12. The van der Waals surface area contributed by atoms with E-state index in [1.54, 1.807) is 6.08 Å². The van der Waals surface area contributed by atoms with Crippen molar-refractivity contribution in [3.05, 3.63) is 36.5 Å². The lowest BCUT2D eigenvalue weighted by atomic mass is 9.99. The predicted octanol–water partition coefficient (Wildman–Crippen LogP) is 22.5. The van der Waals surface area contributed by atoms with Gasteiger partial charge in [0.1, 0.15) is 24.4 Å². The lowest BCUT2D eigenvalue weighted by molar-refractivity contribution is -0.302. The minimum absolute atomic E-state index is 0.0233. The number of unbranched alkanes of at least 4 members (excludes halogenated alkanes) is 57. The number of aliphatic hydroxyl groups excluding tert-OH is 5. The number of esters is 1. The summed E-state index contributed by atoms with van der Waals surface area (Å²) in [5.74, 6) is -0.168. The van der Waals surface area contributed by atoms with Crippen LogP contribution in [0.3, 0.4) is 0 Å². The molecule has 0 radical (unpaired) electrons. The highest BCUT2D eigenvalue weighted by atomic mass is 16.7. The number of carbonyl (C=O) groups is 2. The largest absolute Gasteiger partial charge is 0.466 e. The van der Waals surface area contributed by atoms with Crippen molar-refractivity contribution in [1.82, 2.24) is 5.32 Å². The van der Waals surface area contributed by atoms with Gasteiger partial charge in [0.15, 0.2) is 6.29 Å². The lowest BCUT2D eigenvalue weighted by Crippen LogP contribution is -2.60. The normalized spacial score (nSPS) is 17.5. The minimum atomic E-state index is -1.58. The molecule has 0 saturated carbocycles. The van der Waals surface area contributed by atoms with Crippen LogP contribution in [0.5, 0.6) is 0 Å². The van der Waals surface area contributed by atoms with E-state index in [0.29, 0.717) is 19.4 Å². The molecule has 1 saturated heterocycles.